The third kappa shape index (κ3) is 2.07. The highest BCUT2D eigenvalue weighted by Crippen LogP contribution is 1.93. The maximum absolute atomic E-state index is 11.1. The van der Waals surface area contributed by atoms with E-state index in [1.807, 2.05) is 4.98 Å². The molecule has 0 saturated heterocycles. The van der Waals surface area contributed by atoms with Crippen LogP contribution in [0, 0.1) is 0 Å². The van der Waals surface area contributed by atoms with Gasteiger partial charge in [0.25, 0.3) is 5.56 Å². The molecule has 0 aromatic carbocycles. The Bertz CT molecular complexity index is 540. The smallest absolute Gasteiger partial charge is 0.342 e. The molecule has 0 radical (unpaired) electrons. The molecule has 0 saturated carbocycles. The topological polar surface area (TPSA) is 130 Å². The molecule has 9 heteroatoms. The number of aromatic nitrogens is 5. The normalized spacial score (nSPS) is 10.1. The molecule has 0 aliphatic rings. The van der Waals surface area contributed by atoms with Crippen LogP contribution in [0.2, 0.25) is 0 Å². The number of rotatable bonds is 3. The van der Waals surface area contributed by atoms with Crippen molar-refractivity contribution in [3.63, 3.8) is 0 Å². The first-order chi connectivity index (χ1) is 7.25. The SMILES string of the molecule is O=c1[nH]nc(NCc2ncon2)c(=O)[nH]1. The van der Waals surface area contributed by atoms with Crippen molar-refractivity contribution in [1.29, 1.82) is 0 Å². The standard InChI is InChI=1S/C6H6N6O3/c13-5-4(10-11-6(14)9-5)7-1-3-8-2-15-12-3/h2H,1H2,(H,7,10)(H2,9,11,13,14). The summed E-state index contributed by atoms with van der Waals surface area (Å²) in [5.41, 5.74) is -1.27. The van der Waals surface area contributed by atoms with Gasteiger partial charge in [-0.05, 0) is 0 Å². The van der Waals surface area contributed by atoms with Crippen molar-refractivity contribution in [2.45, 2.75) is 6.54 Å². The van der Waals surface area contributed by atoms with Gasteiger partial charge in [0.1, 0.15) is 0 Å². The zero-order chi connectivity index (χ0) is 10.7. The summed E-state index contributed by atoms with van der Waals surface area (Å²) in [7, 11) is 0. The molecule has 2 aromatic rings. The first-order valence-electron chi connectivity index (χ1n) is 3.94. The molecule has 2 heterocycles. The Balaban J connectivity index is 2.12. The van der Waals surface area contributed by atoms with Gasteiger partial charge in [-0.25, -0.2) is 9.89 Å². The summed E-state index contributed by atoms with van der Waals surface area (Å²) < 4.78 is 4.49. The number of aromatic amines is 2. The fourth-order valence-corrected chi connectivity index (χ4v) is 0.901. The molecule has 0 unspecified atom stereocenters. The van der Waals surface area contributed by atoms with E-state index < -0.39 is 11.2 Å². The Kier molecular flexibility index (Phi) is 2.27. The van der Waals surface area contributed by atoms with Crippen molar-refractivity contribution in [3.05, 3.63) is 33.1 Å². The van der Waals surface area contributed by atoms with Gasteiger partial charge in [-0.2, -0.15) is 4.98 Å². The van der Waals surface area contributed by atoms with Crippen LogP contribution in [0.5, 0.6) is 0 Å². The molecule has 0 aliphatic carbocycles. The van der Waals surface area contributed by atoms with E-state index in [4.69, 9.17) is 0 Å². The van der Waals surface area contributed by atoms with Gasteiger partial charge in [0, 0.05) is 0 Å². The van der Waals surface area contributed by atoms with Gasteiger partial charge in [-0.3, -0.25) is 9.78 Å². The summed E-state index contributed by atoms with van der Waals surface area (Å²) in [6.45, 7) is 0.179. The molecular weight excluding hydrogens is 204 g/mol. The number of hydrogen-bond donors (Lipinski definition) is 3. The van der Waals surface area contributed by atoms with Gasteiger partial charge >= 0.3 is 5.69 Å². The molecule has 9 nitrogen and oxygen atoms in total. The predicted octanol–water partition coefficient (Wildman–Crippen LogP) is -1.55. The van der Waals surface area contributed by atoms with E-state index in [9.17, 15) is 9.59 Å². The minimum atomic E-state index is -0.662. The quantitative estimate of drug-likeness (QED) is 0.559. The second-order valence-corrected chi connectivity index (χ2v) is 2.56. The minimum absolute atomic E-state index is 0.0144. The van der Waals surface area contributed by atoms with Gasteiger partial charge in [0.05, 0.1) is 6.54 Å². The summed E-state index contributed by atoms with van der Waals surface area (Å²) in [6.07, 6.45) is 1.17. The van der Waals surface area contributed by atoms with Crippen molar-refractivity contribution in [3.8, 4) is 0 Å². The van der Waals surface area contributed by atoms with E-state index >= 15 is 0 Å². The lowest BCUT2D eigenvalue weighted by atomic mass is 10.5. The average Bonchev–Trinajstić information content (AvgIpc) is 2.69. The summed E-state index contributed by atoms with van der Waals surface area (Å²) in [5, 5.41) is 11.7. The van der Waals surface area contributed by atoms with Gasteiger partial charge in [-0.1, -0.05) is 5.16 Å². The lowest BCUT2D eigenvalue weighted by molar-refractivity contribution is 0.411. The molecule has 2 aromatic heterocycles. The third-order valence-corrected chi connectivity index (χ3v) is 1.53. The van der Waals surface area contributed by atoms with Gasteiger partial charge < -0.3 is 9.84 Å². The number of H-pyrrole nitrogens is 2. The highest BCUT2D eigenvalue weighted by Gasteiger charge is 2.03. The number of nitrogens with one attached hydrogen (secondary N) is 3. The molecule has 78 valence electrons. The molecule has 15 heavy (non-hydrogen) atoms. The van der Waals surface area contributed by atoms with Crippen LogP contribution < -0.4 is 16.6 Å². The van der Waals surface area contributed by atoms with Crippen LogP contribution in [-0.2, 0) is 6.54 Å². The maximum Gasteiger partial charge on any atom is 0.342 e. The highest BCUT2D eigenvalue weighted by atomic mass is 16.5. The zero-order valence-corrected chi connectivity index (χ0v) is 7.35. The van der Waals surface area contributed by atoms with Crippen LogP contribution in [-0.4, -0.2) is 25.3 Å². The molecule has 0 fully saturated rings. The molecular formula is C6H6N6O3. The van der Waals surface area contributed by atoms with Crippen LogP contribution in [0.1, 0.15) is 5.82 Å². The summed E-state index contributed by atoms with van der Waals surface area (Å²) in [4.78, 5) is 27.5. The molecule has 2 rings (SSSR count). The monoisotopic (exact) mass is 210 g/mol. The summed E-state index contributed by atoms with van der Waals surface area (Å²) in [6, 6.07) is 0. The van der Waals surface area contributed by atoms with Crippen molar-refractivity contribution in [2.24, 2.45) is 0 Å². The average molecular weight is 210 g/mol. The van der Waals surface area contributed by atoms with Gasteiger partial charge in [0.2, 0.25) is 12.2 Å². The fraction of sp³-hybridized carbons (Fsp3) is 0.167. The number of nitrogens with zero attached hydrogens (tertiary/aromatic N) is 3. The highest BCUT2D eigenvalue weighted by molar-refractivity contribution is 5.28. The van der Waals surface area contributed by atoms with Crippen molar-refractivity contribution in [2.75, 3.05) is 5.32 Å². The summed E-state index contributed by atoms with van der Waals surface area (Å²) >= 11 is 0. The molecule has 0 spiro atoms. The second kappa shape index (κ2) is 3.74. The van der Waals surface area contributed by atoms with Crippen LogP contribution in [0.15, 0.2) is 20.5 Å². The Morgan fingerprint density at radius 1 is 1.47 bits per heavy atom. The largest absolute Gasteiger partial charge is 0.357 e. The van der Waals surface area contributed by atoms with Crippen LogP contribution in [0.25, 0.3) is 0 Å². The van der Waals surface area contributed by atoms with E-state index in [0.717, 1.165) is 0 Å². The van der Waals surface area contributed by atoms with E-state index in [-0.39, 0.29) is 12.4 Å². The van der Waals surface area contributed by atoms with Crippen LogP contribution >= 0.6 is 0 Å². The van der Waals surface area contributed by atoms with E-state index in [0.29, 0.717) is 5.82 Å². The number of hydrogen-bond acceptors (Lipinski definition) is 7. The molecule has 0 aliphatic heterocycles. The fourth-order valence-electron chi connectivity index (χ4n) is 0.901. The van der Waals surface area contributed by atoms with Crippen LogP contribution in [0.3, 0.4) is 0 Å². The van der Waals surface area contributed by atoms with Crippen molar-refractivity contribution in [1.82, 2.24) is 25.3 Å². The minimum Gasteiger partial charge on any atom is -0.357 e. The van der Waals surface area contributed by atoms with E-state index in [1.54, 1.807) is 0 Å². The molecule has 0 amide bonds. The first-order valence-corrected chi connectivity index (χ1v) is 3.94. The van der Waals surface area contributed by atoms with Crippen molar-refractivity contribution < 1.29 is 4.52 Å². The second-order valence-electron chi connectivity index (χ2n) is 2.56. The first kappa shape index (κ1) is 9.12. The predicted molar refractivity (Wildman–Crippen MR) is 47.1 cm³/mol. The Labute approximate surface area is 81.5 Å². The maximum atomic E-state index is 11.1. The van der Waals surface area contributed by atoms with Crippen molar-refractivity contribution >= 4 is 5.82 Å². The van der Waals surface area contributed by atoms with Gasteiger partial charge in [-0.15, -0.1) is 5.10 Å². The Morgan fingerprint density at radius 2 is 2.33 bits per heavy atom. The van der Waals surface area contributed by atoms with E-state index in [2.05, 4.69) is 30.2 Å². The number of anilines is 1. The van der Waals surface area contributed by atoms with Gasteiger partial charge in [0.15, 0.2) is 5.82 Å². The Hall–Kier alpha value is -2.45. The molecule has 0 bridgehead atoms. The Morgan fingerprint density at radius 3 is 3.00 bits per heavy atom. The van der Waals surface area contributed by atoms with E-state index in [1.165, 1.54) is 6.39 Å². The molecule has 3 N–H and O–H groups in total. The lowest BCUT2D eigenvalue weighted by Crippen LogP contribution is -2.26. The third-order valence-electron chi connectivity index (χ3n) is 1.53. The lowest BCUT2D eigenvalue weighted by Gasteiger charge is -1.98. The summed E-state index contributed by atoms with van der Waals surface area (Å²) in [5.74, 6) is 0.363. The van der Waals surface area contributed by atoms with Crippen LogP contribution in [0.4, 0.5) is 5.82 Å². The molecule has 0 atom stereocenters. The zero-order valence-electron chi connectivity index (χ0n) is 7.35.